The van der Waals surface area contributed by atoms with Crippen molar-refractivity contribution in [1.29, 1.82) is 0 Å². The molecule has 2 atom stereocenters. The molecule has 1 aliphatic carbocycles. The number of nitrogens with two attached hydrogens (primary N) is 1. The maximum Gasteiger partial charge on any atom is 0.212 e. The van der Waals surface area contributed by atoms with Crippen LogP contribution < -0.4 is 15.8 Å². The monoisotopic (exact) mass is 492 g/mol. The summed E-state index contributed by atoms with van der Waals surface area (Å²) >= 11 is 6.23. The Kier molecular flexibility index (Phi) is 6.30. The smallest absolute Gasteiger partial charge is 0.212 e. The number of nitrogens with one attached hydrogen (secondary N) is 1. The molecule has 3 aromatic heterocycles. The first-order chi connectivity index (χ1) is 16.9. The normalized spacial score (nSPS) is 18.2. The van der Waals surface area contributed by atoms with Crippen LogP contribution in [0.4, 0.5) is 15.8 Å². The third-order valence-electron chi connectivity index (χ3n) is 6.38. The molecule has 0 saturated heterocycles. The molecule has 1 aromatic carbocycles. The Bertz CT molecular complexity index is 1400. The van der Waals surface area contributed by atoms with Gasteiger partial charge in [0.05, 0.1) is 40.8 Å². The predicted molar refractivity (Wildman–Crippen MR) is 137 cm³/mol. The third-order valence-corrected chi connectivity index (χ3v) is 6.70. The highest BCUT2D eigenvalue weighted by Gasteiger charge is 2.24. The second-order valence-electron chi connectivity index (χ2n) is 8.93. The van der Waals surface area contributed by atoms with Crippen molar-refractivity contribution in [3.63, 3.8) is 0 Å². The number of fused-ring (bicyclic) bond motifs is 1. The number of benzene rings is 1. The van der Waals surface area contributed by atoms with E-state index in [1.807, 2.05) is 28.9 Å². The standard InChI is InChI=1S/C26H26ClFN6O/c1-15-3-6-19(9-15)32-25-20(26(29)33-22-11-18(28)5-7-21(22)27)13-31-34-14-17(10-23(25)34)16-4-8-24(35-2)30-12-16/h4-5,7-8,10-15,19,32H,3,6,9H2,1-2H3,(H2,29,33)/t15-,19+/m0/s1. The number of rotatable bonds is 6. The number of hydrogen-bond donors (Lipinski definition) is 2. The fourth-order valence-electron chi connectivity index (χ4n) is 4.54. The lowest BCUT2D eigenvalue weighted by Gasteiger charge is -2.18. The number of ether oxygens (including phenoxy) is 1. The minimum Gasteiger partial charge on any atom is -0.481 e. The molecule has 0 unspecified atom stereocenters. The van der Waals surface area contributed by atoms with Crippen LogP contribution in [0.25, 0.3) is 16.6 Å². The second-order valence-corrected chi connectivity index (χ2v) is 9.34. The van der Waals surface area contributed by atoms with Crippen LogP contribution in [-0.4, -0.2) is 33.6 Å². The van der Waals surface area contributed by atoms with Crippen molar-refractivity contribution >= 4 is 34.3 Å². The molecule has 0 spiro atoms. The summed E-state index contributed by atoms with van der Waals surface area (Å²) in [4.78, 5) is 8.76. The number of methoxy groups -OCH3 is 1. The highest BCUT2D eigenvalue weighted by molar-refractivity contribution is 6.33. The summed E-state index contributed by atoms with van der Waals surface area (Å²) in [5, 5.41) is 8.59. The number of aromatic nitrogens is 3. The van der Waals surface area contributed by atoms with Gasteiger partial charge in [0, 0.05) is 41.7 Å². The van der Waals surface area contributed by atoms with Crippen LogP contribution in [0.5, 0.6) is 5.88 Å². The maximum absolute atomic E-state index is 13.8. The van der Waals surface area contributed by atoms with Gasteiger partial charge in [-0.3, -0.25) is 0 Å². The molecule has 0 bridgehead atoms. The second kappa shape index (κ2) is 9.54. The van der Waals surface area contributed by atoms with Crippen molar-refractivity contribution in [1.82, 2.24) is 14.6 Å². The predicted octanol–water partition coefficient (Wildman–Crippen LogP) is 5.83. The number of pyridine rings is 1. The lowest BCUT2D eigenvalue weighted by Crippen LogP contribution is -2.22. The van der Waals surface area contributed by atoms with Crippen LogP contribution in [0, 0.1) is 11.7 Å². The van der Waals surface area contributed by atoms with Crippen molar-refractivity contribution in [3.05, 3.63) is 71.4 Å². The van der Waals surface area contributed by atoms with Gasteiger partial charge in [-0.05, 0) is 49.4 Å². The summed E-state index contributed by atoms with van der Waals surface area (Å²) in [5.74, 6) is 0.973. The highest BCUT2D eigenvalue weighted by atomic mass is 35.5. The molecule has 3 heterocycles. The van der Waals surface area contributed by atoms with E-state index in [2.05, 4.69) is 27.3 Å². The average Bonchev–Trinajstić information content (AvgIpc) is 3.48. The molecule has 35 heavy (non-hydrogen) atoms. The maximum atomic E-state index is 13.8. The van der Waals surface area contributed by atoms with Crippen LogP contribution in [-0.2, 0) is 0 Å². The minimum absolute atomic E-state index is 0.204. The van der Waals surface area contributed by atoms with Gasteiger partial charge >= 0.3 is 0 Å². The van der Waals surface area contributed by atoms with E-state index < -0.39 is 5.82 Å². The molecule has 4 aromatic rings. The van der Waals surface area contributed by atoms with Crippen molar-refractivity contribution in [3.8, 4) is 17.0 Å². The molecule has 0 aliphatic heterocycles. The first-order valence-corrected chi connectivity index (χ1v) is 11.9. The Balaban J connectivity index is 1.61. The van der Waals surface area contributed by atoms with Gasteiger partial charge < -0.3 is 15.8 Å². The summed E-state index contributed by atoms with van der Waals surface area (Å²) in [6, 6.07) is 10.1. The van der Waals surface area contributed by atoms with E-state index in [0.717, 1.165) is 35.2 Å². The SMILES string of the molecule is COc1ccc(-c2cc3c(N[C@@H]4CC[C@H](C)C4)c(C(N)=Nc4cc(F)ccc4Cl)cnn3c2)cn1. The Hall–Kier alpha value is -3.65. The molecular formula is C26H26ClFN6O. The molecule has 0 amide bonds. The summed E-state index contributed by atoms with van der Waals surface area (Å²) in [6.07, 6.45) is 8.69. The quantitative estimate of drug-likeness (QED) is 0.261. The number of hydrogen-bond acceptors (Lipinski definition) is 5. The lowest BCUT2D eigenvalue weighted by atomic mass is 10.1. The first-order valence-electron chi connectivity index (χ1n) is 11.5. The lowest BCUT2D eigenvalue weighted by molar-refractivity contribution is 0.398. The van der Waals surface area contributed by atoms with E-state index in [1.54, 1.807) is 19.5 Å². The van der Waals surface area contributed by atoms with Crippen molar-refractivity contribution < 1.29 is 9.13 Å². The average molecular weight is 493 g/mol. The largest absolute Gasteiger partial charge is 0.481 e. The molecule has 3 N–H and O–H groups in total. The first kappa shape index (κ1) is 23.1. The third kappa shape index (κ3) is 4.79. The zero-order valence-electron chi connectivity index (χ0n) is 19.5. The van der Waals surface area contributed by atoms with E-state index in [1.165, 1.54) is 24.6 Å². The van der Waals surface area contributed by atoms with E-state index in [-0.39, 0.29) is 11.5 Å². The van der Waals surface area contributed by atoms with Gasteiger partial charge in [0.15, 0.2) is 0 Å². The number of anilines is 1. The molecule has 5 rings (SSSR count). The molecule has 1 saturated carbocycles. The summed E-state index contributed by atoms with van der Waals surface area (Å²) in [5.41, 5.74) is 10.9. The molecule has 0 radical (unpaired) electrons. The summed E-state index contributed by atoms with van der Waals surface area (Å²) in [6.45, 7) is 2.26. The molecule has 180 valence electrons. The number of aliphatic imine (C=N–C) groups is 1. The Labute approximate surface area is 207 Å². The molecule has 1 fully saturated rings. The zero-order chi connectivity index (χ0) is 24.5. The highest BCUT2D eigenvalue weighted by Crippen LogP contribution is 2.34. The van der Waals surface area contributed by atoms with Gasteiger partial charge in [-0.1, -0.05) is 18.5 Å². The van der Waals surface area contributed by atoms with Crippen LogP contribution in [0.2, 0.25) is 5.02 Å². The molecule has 7 nitrogen and oxygen atoms in total. The van der Waals surface area contributed by atoms with Gasteiger partial charge in [-0.25, -0.2) is 18.9 Å². The molecule has 1 aliphatic rings. The topological polar surface area (TPSA) is 89.8 Å². The van der Waals surface area contributed by atoms with Gasteiger partial charge in [-0.15, -0.1) is 0 Å². The number of amidine groups is 1. The molecular weight excluding hydrogens is 467 g/mol. The fourth-order valence-corrected chi connectivity index (χ4v) is 4.70. The number of halogens is 2. The fraction of sp³-hybridized carbons (Fsp3) is 0.269. The van der Waals surface area contributed by atoms with Crippen molar-refractivity contribution in [2.45, 2.75) is 32.2 Å². The number of nitrogens with zero attached hydrogens (tertiary/aromatic N) is 4. The van der Waals surface area contributed by atoms with Crippen LogP contribution in [0.3, 0.4) is 0 Å². The Morgan fingerprint density at radius 1 is 1.20 bits per heavy atom. The Morgan fingerprint density at radius 3 is 2.77 bits per heavy atom. The van der Waals surface area contributed by atoms with Gasteiger partial charge in [0.1, 0.15) is 11.7 Å². The summed E-state index contributed by atoms with van der Waals surface area (Å²) in [7, 11) is 1.59. The zero-order valence-corrected chi connectivity index (χ0v) is 20.3. The van der Waals surface area contributed by atoms with Crippen LogP contribution in [0.15, 0.2) is 60.0 Å². The van der Waals surface area contributed by atoms with Crippen molar-refractivity contribution in [2.75, 3.05) is 12.4 Å². The van der Waals surface area contributed by atoms with Gasteiger partial charge in [0.2, 0.25) is 5.88 Å². The van der Waals surface area contributed by atoms with Gasteiger partial charge in [0.25, 0.3) is 0 Å². The summed E-state index contributed by atoms with van der Waals surface area (Å²) < 4.78 is 20.8. The van der Waals surface area contributed by atoms with Gasteiger partial charge in [-0.2, -0.15) is 5.10 Å². The van der Waals surface area contributed by atoms with E-state index in [9.17, 15) is 4.39 Å². The van der Waals surface area contributed by atoms with E-state index in [0.29, 0.717) is 28.4 Å². The van der Waals surface area contributed by atoms with Crippen LogP contribution >= 0.6 is 11.6 Å². The van der Waals surface area contributed by atoms with Crippen molar-refractivity contribution in [2.24, 2.45) is 16.6 Å². The van der Waals surface area contributed by atoms with Crippen LogP contribution in [0.1, 0.15) is 31.7 Å². The Morgan fingerprint density at radius 2 is 2.06 bits per heavy atom. The van der Waals surface area contributed by atoms with E-state index in [4.69, 9.17) is 22.1 Å². The molecule has 9 heteroatoms. The van der Waals surface area contributed by atoms with E-state index >= 15 is 0 Å². The minimum atomic E-state index is -0.433.